The molecule has 1 amide bonds. The molecule has 0 radical (unpaired) electrons. The van der Waals surface area contributed by atoms with Gasteiger partial charge in [0.05, 0.1) is 23.6 Å². The summed E-state index contributed by atoms with van der Waals surface area (Å²) in [5, 5.41) is 6.48. The molecule has 0 fully saturated rings. The number of aliphatic imine (C=N–C) groups is 1. The fourth-order valence-corrected chi connectivity index (χ4v) is 5.11. The second-order valence-electron chi connectivity index (χ2n) is 7.45. The third-order valence-corrected chi connectivity index (χ3v) is 6.61. The fourth-order valence-electron chi connectivity index (χ4n) is 3.88. The van der Waals surface area contributed by atoms with Crippen LogP contribution in [0.25, 0.3) is 0 Å². The predicted molar refractivity (Wildman–Crippen MR) is 120 cm³/mol. The summed E-state index contributed by atoms with van der Waals surface area (Å²) >= 11 is 1.55. The Kier molecular flexibility index (Phi) is 6.08. The van der Waals surface area contributed by atoms with Gasteiger partial charge < -0.3 is 4.74 Å². The zero-order chi connectivity index (χ0) is 21.1. The first-order valence-electron chi connectivity index (χ1n) is 10.4. The SMILES string of the molecule is CCOC(=O)c1c(N=CC2C(=O)N(c3ccccc3)N=C2C)sc2c1CCCCC2. The van der Waals surface area contributed by atoms with Gasteiger partial charge in [0.1, 0.15) is 10.9 Å². The molecule has 1 aliphatic carbocycles. The average molecular weight is 424 g/mol. The summed E-state index contributed by atoms with van der Waals surface area (Å²) in [6, 6.07) is 9.35. The molecule has 2 aromatic rings. The number of hydrogen-bond acceptors (Lipinski definition) is 6. The van der Waals surface area contributed by atoms with E-state index in [1.807, 2.05) is 37.3 Å². The number of esters is 1. The van der Waals surface area contributed by atoms with E-state index in [-0.39, 0.29) is 11.9 Å². The van der Waals surface area contributed by atoms with Crippen LogP contribution in [0.3, 0.4) is 0 Å². The molecule has 1 atom stereocenters. The summed E-state index contributed by atoms with van der Waals surface area (Å²) < 4.78 is 5.32. The van der Waals surface area contributed by atoms with E-state index < -0.39 is 5.92 Å². The van der Waals surface area contributed by atoms with Crippen LogP contribution < -0.4 is 5.01 Å². The van der Waals surface area contributed by atoms with E-state index in [0.29, 0.717) is 22.9 Å². The molecule has 30 heavy (non-hydrogen) atoms. The number of hydrazone groups is 1. The smallest absolute Gasteiger partial charge is 0.341 e. The number of carbonyl (C=O) groups is 2. The van der Waals surface area contributed by atoms with Crippen LogP contribution in [0.4, 0.5) is 10.7 Å². The van der Waals surface area contributed by atoms with Crippen molar-refractivity contribution in [2.75, 3.05) is 11.6 Å². The largest absolute Gasteiger partial charge is 0.462 e. The minimum atomic E-state index is -0.540. The molecule has 7 heteroatoms. The first-order chi connectivity index (χ1) is 14.6. The molecule has 1 aromatic heterocycles. The van der Waals surface area contributed by atoms with Crippen molar-refractivity contribution in [3.05, 3.63) is 46.3 Å². The Bertz CT molecular complexity index is 1010. The van der Waals surface area contributed by atoms with E-state index in [1.165, 1.54) is 16.3 Å². The number of carbonyl (C=O) groups excluding carboxylic acids is 2. The summed E-state index contributed by atoms with van der Waals surface area (Å²) in [5.74, 6) is -1.00. The van der Waals surface area contributed by atoms with Crippen LogP contribution in [-0.2, 0) is 22.4 Å². The number of para-hydroxylation sites is 1. The number of benzene rings is 1. The molecule has 0 saturated heterocycles. The Balaban J connectivity index is 1.63. The maximum Gasteiger partial charge on any atom is 0.341 e. The van der Waals surface area contributed by atoms with Gasteiger partial charge in [0.15, 0.2) is 0 Å². The van der Waals surface area contributed by atoms with Crippen LogP contribution in [0.2, 0.25) is 0 Å². The van der Waals surface area contributed by atoms with E-state index in [9.17, 15) is 9.59 Å². The lowest BCUT2D eigenvalue weighted by Crippen LogP contribution is -2.27. The lowest BCUT2D eigenvalue weighted by molar-refractivity contribution is -0.118. The van der Waals surface area contributed by atoms with Gasteiger partial charge in [0.2, 0.25) is 0 Å². The molecular formula is C23H25N3O3S. The highest BCUT2D eigenvalue weighted by Crippen LogP contribution is 2.40. The Morgan fingerprint density at radius 2 is 2.03 bits per heavy atom. The number of nitrogens with zero attached hydrogens (tertiary/aromatic N) is 3. The van der Waals surface area contributed by atoms with Crippen LogP contribution >= 0.6 is 11.3 Å². The number of amides is 1. The van der Waals surface area contributed by atoms with Crippen LogP contribution in [0.1, 0.15) is 53.9 Å². The van der Waals surface area contributed by atoms with E-state index >= 15 is 0 Å². The number of aryl methyl sites for hydroxylation is 1. The Morgan fingerprint density at radius 1 is 1.27 bits per heavy atom. The summed E-state index contributed by atoms with van der Waals surface area (Å²) in [5.41, 5.74) is 3.07. The molecule has 1 aliphatic heterocycles. The fraction of sp³-hybridized carbons (Fsp3) is 0.391. The van der Waals surface area contributed by atoms with Gasteiger partial charge in [0, 0.05) is 11.1 Å². The summed E-state index contributed by atoms with van der Waals surface area (Å²) in [7, 11) is 0. The van der Waals surface area contributed by atoms with Crippen LogP contribution in [-0.4, -0.2) is 30.4 Å². The first kappa shape index (κ1) is 20.5. The molecule has 0 saturated carbocycles. The standard InChI is InChI=1S/C23H25N3O3S/c1-3-29-23(28)20-17-12-8-5-9-13-19(17)30-21(20)24-14-18-15(2)25-26(22(18)27)16-10-6-4-7-11-16/h4,6-7,10-11,14,18H,3,5,8-9,12-13H2,1-2H3. The second kappa shape index (κ2) is 8.92. The molecule has 2 heterocycles. The summed E-state index contributed by atoms with van der Waals surface area (Å²) in [6.45, 7) is 3.96. The highest BCUT2D eigenvalue weighted by molar-refractivity contribution is 7.16. The number of ether oxygens (including phenoxy) is 1. The average Bonchev–Trinajstić information content (AvgIpc) is 3.13. The minimum Gasteiger partial charge on any atom is -0.462 e. The third-order valence-electron chi connectivity index (χ3n) is 5.41. The molecule has 6 nitrogen and oxygen atoms in total. The van der Waals surface area contributed by atoms with E-state index in [4.69, 9.17) is 4.74 Å². The van der Waals surface area contributed by atoms with Gasteiger partial charge in [-0.05, 0) is 57.2 Å². The van der Waals surface area contributed by atoms with Crippen LogP contribution in [0.15, 0.2) is 40.4 Å². The molecular weight excluding hydrogens is 398 g/mol. The van der Waals surface area contributed by atoms with Crippen molar-refractivity contribution in [2.24, 2.45) is 16.0 Å². The topological polar surface area (TPSA) is 71.3 Å². The van der Waals surface area contributed by atoms with Gasteiger partial charge >= 0.3 is 5.97 Å². The maximum absolute atomic E-state index is 12.9. The Labute approximate surface area is 180 Å². The third kappa shape index (κ3) is 3.94. The quantitative estimate of drug-likeness (QED) is 0.389. The van der Waals surface area contributed by atoms with Crippen LogP contribution in [0.5, 0.6) is 0 Å². The molecule has 1 unspecified atom stereocenters. The molecule has 0 N–H and O–H groups in total. The van der Waals surface area contributed by atoms with Crippen molar-refractivity contribution >= 4 is 45.8 Å². The number of anilines is 1. The van der Waals surface area contributed by atoms with Crippen LogP contribution in [0, 0.1) is 5.92 Å². The molecule has 0 bridgehead atoms. The molecule has 2 aliphatic rings. The maximum atomic E-state index is 12.9. The van der Waals surface area contributed by atoms with Gasteiger partial charge in [0.25, 0.3) is 5.91 Å². The number of fused-ring (bicyclic) bond motifs is 1. The highest BCUT2D eigenvalue weighted by Gasteiger charge is 2.33. The van der Waals surface area contributed by atoms with E-state index in [1.54, 1.807) is 24.5 Å². The highest BCUT2D eigenvalue weighted by atomic mass is 32.1. The zero-order valence-electron chi connectivity index (χ0n) is 17.3. The number of thiophene rings is 1. The van der Waals surface area contributed by atoms with Crippen molar-refractivity contribution in [1.82, 2.24) is 0 Å². The first-order valence-corrected chi connectivity index (χ1v) is 11.2. The number of hydrogen-bond donors (Lipinski definition) is 0. The van der Waals surface area contributed by atoms with Crippen molar-refractivity contribution in [1.29, 1.82) is 0 Å². The minimum absolute atomic E-state index is 0.141. The number of rotatable bonds is 5. The molecule has 0 spiro atoms. The monoisotopic (exact) mass is 423 g/mol. The normalized spacial score (nSPS) is 19.0. The van der Waals surface area contributed by atoms with Crippen molar-refractivity contribution in [3.63, 3.8) is 0 Å². The predicted octanol–water partition coefficient (Wildman–Crippen LogP) is 4.93. The Hall–Kier alpha value is -2.80. The van der Waals surface area contributed by atoms with Crippen molar-refractivity contribution in [3.8, 4) is 0 Å². The van der Waals surface area contributed by atoms with Crippen molar-refractivity contribution in [2.45, 2.75) is 46.0 Å². The van der Waals surface area contributed by atoms with Gasteiger partial charge in [-0.15, -0.1) is 11.3 Å². The summed E-state index contributed by atoms with van der Waals surface area (Å²) in [6.07, 6.45) is 6.82. The molecule has 156 valence electrons. The van der Waals surface area contributed by atoms with Gasteiger partial charge in [-0.25, -0.2) is 9.79 Å². The second-order valence-corrected chi connectivity index (χ2v) is 8.53. The van der Waals surface area contributed by atoms with Gasteiger partial charge in [-0.2, -0.15) is 10.1 Å². The summed E-state index contributed by atoms with van der Waals surface area (Å²) in [4.78, 5) is 31.5. The van der Waals surface area contributed by atoms with Crippen molar-refractivity contribution < 1.29 is 14.3 Å². The lowest BCUT2D eigenvalue weighted by atomic mass is 10.1. The molecule has 4 rings (SSSR count). The van der Waals surface area contributed by atoms with E-state index in [0.717, 1.165) is 36.9 Å². The Morgan fingerprint density at radius 3 is 2.80 bits per heavy atom. The molecule has 1 aromatic carbocycles. The lowest BCUT2D eigenvalue weighted by Gasteiger charge is -2.12. The van der Waals surface area contributed by atoms with E-state index in [2.05, 4.69) is 10.1 Å². The van der Waals surface area contributed by atoms with Gasteiger partial charge in [-0.3, -0.25) is 4.79 Å². The zero-order valence-corrected chi connectivity index (χ0v) is 18.1. The van der Waals surface area contributed by atoms with Gasteiger partial charge in [-0.1, -0.05) is 24.6 Å².